The van der Waals surface area contributed by atoms with E-state index in [4.69, 9.17) is 4.74 Å². The summed E-state index contributed by atoms with van der Waals surface area (Å²) in [5, 5.41) is 2.20. The van der Waals surface area contributed by atoms with Crippen molar-refractivity contribution in [3.63, 3.8) is 0 Å². The summed E-state index contributed by atoms with van der Waals surface area (Å²) in [6.07, 6.45) is 11.5. The highest BCUT2D eigenvalue weighted by molar-refractivity contribution is 5.98. The van der Waals surface area contributed by atoms with Gasteiger partial charge in [0.15, 0.2) is 5.78 Å². The van der Waals surface area contributed by atoms with Crippen molar-refractivity contribution in [3.05, 3.63) is 42.0 Å². The fraction of sp³-hybridized carbons (Fsp3) is 0.577. The topological polar surface area (TPSA) is 29.5 Å². The third-order valence-corrected chi connectivity index (χ3v) is 7.08. The van der Waals surface area contributed by atoms with E-state index in [1.54, 1.807) is 6.92 Å². The average molecular weight is 394 g/mol. The van der Waals surface area contributed by atoms with Crippen molar-refractivity contribution in [2.45, 2.75) is 71.4 Å². The summed E-state index contributed by atoms with van der Waals surface area (Å²) in [6.45, 7) is 6.07. The smallest absolute Gasteiger partial charge is 0.159 e. The summed E-state index contributed by atoms with van der Waals surface area (Å²) >= 11 is 0. The van der Waals surface area contributed by atoms with Gasteiger partial charge < -0.3 is 4.74 Å². The van der Waals surface area contributed by atoms with Crippen LogP contribution in [0.4, 0.5) is 0 Å². The number of benzene rings is 2. The van der Waals surface area contributed by atoms with Gasteiger partial charge in [-0.3, -0.25) is 9.69 Å². The molecule has 1 aliphatic carbocycles. The Morgan fingerprint density at radius 2 is 1.62 bits per heavy atom. The van der Waals surface area contributed by atoms with Gasteiger partial charge in [0, 0.05) is 18.7 Å². The van der Waals surface area contributed by atoms with E-state index >= 15 is 0 Å². The normalized spacial score (nSPS) is 20.6. The second kappa shape index (κ2) is 9.30. The van der Waals surface area contributed by atoms with Gasteiger partial charge in [-0.2, -0.15) is 0 Å². The molecule has 1 aliphatic heterocycles. The van der Waals surface area contributed by atoms with Gasteiger partial charge in [-0.1, -0.05) is 50.3 Å². The van der Waals surface area contributed by atoms with Crippen LogP contribution in [0.2, 0.25) is 0 Å². The van der Waals surface area contributed by atoms with Crippen LogP contribution in [0.1, 0.15) is 75.6 Å². The molecule has 0 aromatic heterocycles. The first kappa shape index (κ1) is 20.4. The third kappa shape index (κ3) is 5.19. The number of likely N-dealkylation sites (tertiary alicyclic amines) is 1. The molecule has 2 aliphatic rings. The number of Topliss-reactive ketones (excluding diaryl/α,β-unsaturated/α-hetero) is 1. The fourth-order valence-corrected chi connectivity index (χ4v) is 5.23. The highest BCUT2D eigenvalue weighted by Gasteiger charge is 2.26. The van der Waals surface area contributed by atoms with Gasteiger partial charge in [0.2, 0.25) is 0 Å². The summed E-state index contributed by atoms with van der Waals surface area (Å²) in [4.78, 5) is 14.1. The van der Waals surface area contributed by atoms with Gasteiger partial charge >= 0.3 is 0 Å². The lowest BCUT2D eigenvalue weighted by Gasteiger charge is -2.37. The van der Waals surface area contributed by atoms with Gasteiger partial charge in [0.1, 0.15) is 12.0 Å². The molecule has 2 fully saturated rings. The number of carbonyl (C=O) groups excluding carboxylic acids is 1. The molecule has 0 spiro atoms. The second-order valence-electron chi connectivity index (χ2n) is 9.22. The van der Waals surface area contributed by atoms with Crippen molar-refractivity contribution < 1.29 is 9.53 Å². The van der Waals surface area contributed by atoms with Crippen molar-refractivity contribution in [1.29, 1.82) is 0 Å². The Balaban J connectivity index is 1.30. The molecule has 0 N–H and O–H groups in total. The molecular weight excluding hydrogens is 358 g/mol. The van der Waals surface area contributed by atoms with Gasteiger partial charge in [-0.25, -0.2) is 0 Å². The molecule has 3 heteroatoms. The van der Waals surface area contributed by atoms with E-state index in [0.717, 1.165) is 47.0 Å². The van der Waals surface area contributed by atoms with Crippen molar-refractivity contribution in [1.82, 2.24) is 4.90 Å². The van der Waals surface area contributed by atoms with Crippen molar-refractivity contribution >= 4 is 16.6 Å². The Labute approximate surface area is 175 Å². The van der Waals surface area contributed by atoms with Crippen molar-refractivity contribution in [3.8, 4) is 5.75 Å². The number of carbonyl (C=O) groups is 1. The first-order chi connectivity index (χ1) is 14.1. The standard InChI is InChI=1S/C26H35NO2/c1-19(28)23-8-9-25-18-26(11-10-24(25)17-23)29-20(2)27-14-12-22(13-15-27)16-21-6-4-3-5-7-21/h8-11,17-18,20-22H,3-7,12-16H2,1-2H3. The molecule has 1 saturated heterocycles. The highest BCUT2D eigenvalue weighted by atomic mass is 16.5. The molecule has 4 rings (SSSR count). The maximum absolute atomic E-state index is 11.6. The molecule has 1 heterocycles. The molecule has 1 saturated carbocycles. The van der Waals surface area contributed by atoms with Crippen LogP contribution >= 0.6 is 0 Å². The third-order valence-electron chi connectivity index (χ3n) is 7.08. The van der Waals surface area contributed by atoms with E-state index < -0.39 is 0 Å². The van der Waals surface area contributed by atoms with Gasteiger partial charge in [0.05, 0.1) is 0 Å². The van der Waals surface area contributed by atoms with Gasteiger partial charge in [-0.05, 0) is 73.9 Å². The Hall–Kier alpha value is -1.87. The summed E-state index contributed by atoms with van der Waals surface area (Å²) in [7, 11) is 0. The van der Waals surface area contributed by atoms with Crippen molar-refractivity contribution in [2.24, 2.45) is 11.8 Å². The molecule has 0 amide bonds. The maximum Gasteiger partial charge on any atom is 0.159 e. The zero-order chi connectivity index (χ0) is 20.2. The predicted octanol–water partition coefficient (Wildman–Crippen LogP) is 6.45. The molecule has 1 atom stereocenters. The lowest BCUT2D eigenvalue weighted by molar-refractivity contribution is 0.0117. The number of hydrogen-bond donors (Lipinski definition) is 0. The van der Waals surface area contributed by atoms with Crippen LogP contribution in [0.15, 0.2) is 36.4 Å². The number of nitrogens with zero attached hydrogens (tertiary/aromatic N) is 1. The van der Waals surface area contributed by atoms with Crippen LogP contribution in [0, 0.1) is 11.8 Å². The minimum Gasteiger partial charge on any atom is -0.475 e. The molecular formula is C26H35NO2. The number of hydrogen-bond acceptors (Lipinski definition) is 3. The van der Waals surface area contributed by atoms with Crippen LogP contribution in [0.25, 0.3) is 10.8 Å². The van der Waals surface area contributed by atoms with Crippen LogP contribution in [-0.4, -0.2) is 30.0 Å². The average Bonchev–Trinajstić information content (AvgIpc) is 2.74. The summed E-state index contributed by atoms with van der Waals surface area (Å²) < 4.78 is 6.28. The Bertz CT molecular complexity index is 832. The van der Waals surface area contributed by atoms with Gasteiger partial charge in [-0.15, -0.1) is 0 Å². The number of rotatable bonds is 6. The fourth-order valence-electron chi connectivity index (χ4n) is 5.23. The molecule has 156 valence electrons. The monoisotopic (exact) mass is 393 g/mol. The molecule has 29 heavy (non-hydrogen) atoms. The maximum atomic E-state index is 11.6. The van der Waals surface area contributed by atoms with Crippen LogP contribution in [0.5, 0.6) is 5.75 Å². The number of fused-ring (bicyclic) bond motifs is 1. The number of ether oxygens (including phenoxy) is 1. The van der Waals surface area contributed by atoms with Crippen LogP contribution < -0.4 is 4.74 Å². The Kier molecular flexibility index (Phi) is 6.54. The number of ketones is 1. The van der Waals surface area contributed by atoms with Crippen LogP contribution in [-0.2, 0) is 0 Å². The first-order valence-electron chi connectivity index (χ1n) is 11.5. The Morgan fingerprint density at radius 3 is 2.34 bits per heavy atom. The van der Waals surface area contributed by atoms with E-state index in [-0.39, 0.29) is 12.0 Å². The van der Waals surface area contributed by atoms with Crippen LogP contribution in [0.3, 0.4) is 0 Å². The van der Waals surface area contributed by atoms with Crippen molar-refractivity contribution in [2.75, 3.05) is 13.1 Å². The van der Waals surface area contributed by atoms with E-state index in [1.165, 1.54) is 51.4 Å². The molecule has 1 unspecified atom stereocenters. The minimum absolute atomic E-state index is 0.0968. The second-order valence-corrected chi connectivity index (χ2v) is 9.22. The zero-order valence-electron chi connectivity index (χ0n) is 18.0. The molecule has 0 radical (unpaired) electrons. The summed E-state index contributed by atoms with van der Waals surface area (Å²) in [6, 6.07) is 12.0. The largest absolute Gasteiger partial charge is 0.475 e. The van der Waals surface area contributed by atoms with E-state index in [9.17, 15) is 4.79 Å². The Morgan fingerprint density at radius 1 is 0.966 bits per heavy atom. The first-order valence-corrected chi connectivity index (χ1v) is 11.5. The van der Waals surface area contributed by atoms with E-state index in [0.29, 0.717) is 0 Å². The number of piperidine rings is 1. The lowest BCUT2D eigenvalue weighted by atomic mass is 9.80. The van der Waals surface area contributed by atoms with E-state index in [2.05, 4.69) is 24.0 Å². The molecule has 2 aromatic rings. The SMILES string of the molecule is CC(=O)c1ccc2cc(OC(C)N3CCC(CC4CCCCC4)CC3)ccc2c1. The summed E-state index contributed by atoms with van der Waals surface area (Å²) in [5.74, 6) is 2.92. The molecule has 3 nitrogen and oxygen atoms in total. The molecule has 0 bridgehead atoms. The quantitative estimate of drug-likeness (QED) is 0.528. The minimum atomic E-state index is 0.0968. The summed E-state index contributed by atoms with van der Waals surface area (Å²) in [5.41, 5.74) is 0.760. The van der Waals surface area contributed by atoms with Gasteiger partial charge in [0.25, 0.3) is 0 Å². The zero-order valence-corrected chi connectivity index (χ0v) is 18.0. The van der Waals surface area contributed by atoms with E-state index in [1.807, 2.05) is 24.3 Å². The molecule has 2 aromatic carbocycles. The lowest BCUT2D eigenvalue weighted by Crippen LogP contribution is -2.43. The highest BCUT2D eigenvalue weighted by Crippen LogP contribution is 2.33. The predicted molar refractivity (Wildman–Crippen MR) is 120 cm³/mol.